The highest BCUT2D eigenvalue weighted by molar-refractivity contribution is 5.97. The number of carbonyl (C=O) groups is 2. The summed E-state index contributed by atoms with van der Waals surface area (Å²) < 4.78 is 12.1. The Labute approximate surface area is 199 Å². The number of carboxylic acid groups (broad SMARTS) is 1. The average molecular weight is 474 g/mol. The van der Waals surface area contributed by atoms with Gasteiger partial charge < -0.3 is 29.2 Å². The molecule has 0 fully saturated rings. The quantitative estimate of drug-likeness (QED) is 0.365. The molecule has 2 aromatic carbocycles. The number of carboxylic acids is 1. The van der Waals surface area contributed by atoms with Crippen LogP contribution in [0.4, 0.5) is 0 Å². The first-order chi connectivity index (χ1) is 16.9. The maximum Gasteiger partial charge on any atom is 0.345 e. The number of fused-ring (bicyclic) bond motifs is 5. The zero-order valence-corrected chi connectivity index (χ0v) is 19.0. The molecule has 0 radical (unpaired) electrons. The number of carbonyl (C=O) groups excluding carboxylic acids is 1. The van der Waals surface area contributed by atoms with Gasteiger partial charge >= 0.3 is 5.97 Å². The standard InChI is InChI=1S/C26H22N2O7/c1-34-15-4-3-13(21(10-15)35-2)11-28-23-17-7-8-20-19(9-14(12-29)27-20)16(17)5-6-18(23)24(30)22(25(28)31)26(32)33/h3-4,7-10,12,27,30H,5-6,11H2,1-2H3,(H,32,33). The van der Waals surface area contributed by atoms with E-state index in [1.807, 2.05) is 6.07 Å². The molecule has 0 saturated carbocycles. The van der Waals surface area contributed by atoms with Crippen molar-refractivity contribution in [3.05, 3.63) is 74.7 Å². The number of nitrogens with zero attached hydrogens (tertiary/aromatic N) is 1. The number of aromatic hydroxyl groups is 1. The number of hydrogen-bond donors (Lipinski definition) is 3. The number of rotatable bonds is 6. The van der Waals surface area contributed by atoms with Crippen molar-refractivity contribution in [3.63, 3.8) is 0 Å². The van der Waals surface area contributed by atoms with E-state index >= 15 is 0 Å². The summed E-state index contributed by atoms with van der Waals surface area (Å²) >= 11 is 0. The molecule has 178 valence electrons. The molecule has 9 nitrogen and oxygen atoms in total. The molecule has 0 amide bonds. The Bertz CT molecular complexity index is 1580. The number of aromatic carboxylic acids is 1. The molecule has 0 bridgehead atoms. The highest BCUT2D eigenvalue weighted by Crippen LogP contribution is 2.41. The van der Waals surface area contributed by atoms with Crippen LogP contribution in [0.1, 0.15) is 37.5 Å². The smallest absolute Gasteiger partial charge is 0.345 e. The molecule has 2 aromatic heterocycles. The van der Waals surface area contributed by atoms with Crippen LogP contribution in [-0.4, -0.2) is 46.2 Å². The third kappa shape index (κ3) is 3.43. The summed E-state index contributed by atoms with van der Waals surface area (Å²) in [6.07, 6.45) is 1.57. The van der Waals surface area contributed by atoms with Gasteiger partial charge in [-0.15, -0.1) is 0 Å². The summed E-state index contributed by atoms with van der Waals surface area (Å²) in [5.41, 5.74) is 2.84. The molecule has 0 saturated heterocycles. The van der Waals surface area contributed by atoms with E-state index in [1.54, 1.807) is 30.3 Å². The van der Waals surface area contributed by atoms with Crippen LogP contribution >= 0.6 is 0 Å². The number of benzene rings is 2. The number of hydrogen-bond acceptors (Lipinski definition) is 6. The van der Waals surface area contributed by atoms with Gasteiger partial charge in [-0.3, -0.25) is 9.59 Å². The highest BCUT2D eigenvalue weighted by atomic mass is 16.5. The number of pyridine rings is 1. The van der Waals surface area contributed by atoms with E-state index in [1.165, 1.54) is 18.8 Å². The van der Waals surface area contributed by atoms with E-state index in [0.29, 0.717) is 52.4 Å². The fraction of sp³-hybridized carbons (Fsp3) is 0.192. The van der Waals surface area contributed by atoms with Crippen LogP contribution in [-0.2, 0) is 19.4 Å². The Hall–Kier alpha value is -4.53. The molecule has 0 unspecified atom stereocenters. The topological polar surface area (TPSA) is 131 Å². The van der Waals surface area contributed by atoms with Gasteiger partial charge in [0, 0.05) is 33.7 Å². The van der Waals surface area contributed by atoms with Crippen LogP contribution in [0.2, 0.25) is 0 Å². The minimum atomic E-state index is -1.49. The highest BCUT2D eigenvalue weighted by Gasteiger charge is 2.31. The summed E-state index contributed by atoms with van der Waals surface area (Å²) in [7, 11) is 3.03. The van der Waals surface area contributed by atoms with Crippen LogP contribution in [0.25, 0.3) is 22.2 Å². The number of ether oxygens (including phenoxy) is 2. The van der Waals surface area contributed by atoms with Gasteiger partial charge in [-0.25, -0.2) is 4.79 Å². The zero-order valence-electron chi connectivity index (χ0n) is 19.0. The first kappa shape index (κ1) is 22.3. The van der Waals surface area contributed by atoms with Gasteiger partial charge in [0.1, 0.15) is 17.2 Å². The number of aromatic nitrogens is 2. The summed E-state index contributed by atoms with van der Waals surface area (Å²) in [6.45, 7) is 0.0130. The second-order valence-electron chi connectivity index (χ2n) is 8.32. The molecule has 0 aliphatic heterocycles. The van der Waals surface area contributed by atoms with Crippen molar-refractivity contribution in [2.75, 3.05) is 14.2 Å². The van der Waals surface area contributed by atoms with Gasteiger partial charge in [0.25, 0.3) is 5.56 Å². The fourth-order valence-corrected chi connectivity index (χ4v) is 4.90. The van der Waals surface area contributed by atoms with Crippen molar-refractivity contribution >= 4 is 23.2 Å². The Morgan fingerprint density at radius 2 is 1.89 bits per heavy atom. The third-order valence-corrected chi connectivity index (χ3v) is 6.52. The van der Waals surface area contributed by atoms with E-state index in [0.717, 1.165) is 22.8 Å². The van der Waals surface area contributed by atoms with E-state index in [9.17, 15) is 24.6 Å². The largest absolute Gasteiger partial charge is 0.506 e. The first-order valence-corrected chi connectivity index (χ1v) is 10.9. The van der Waals surface area contributed by atoms with Crippen LogP contribution in [0.15, 0.2) is 41.2 Å². The van der Waals surface area contributed by atoms with Gasteiger partial charge in [0.2, 0.25) is 0 Å². The van der Waals surface area contributed by atoms with E-state index in [-0.39, 0.29) is 6.54 Å². The van der Waals surface area contributed by atoms with Gasteiger partial charge in [-0.2, -0.15) is 0 Å². The van der Waals surface area contributed by atoms with E-state index in [2.05, 4.69) is 4.98 Å². The summed E-state index contributed by atoms with van der Waals surface area (Å²) in [5.74, 6) is -0.956. The lowest BCUT2D eigenvalue weighted by molar-refractivity contribution is 0.0690. The number of H-pyrrole nitrogens is 1. The monoisotopic (exact) mass is 474 g/mol. The van der Waals surface area contributed by atoms with Crippen LogP contribution in [0.5, 0.6) is 17.2 Å². The number of methoxy groups -OCH3 is 2. The van der Waals surface area contributed by atoms with Crippen molar-refractivity contribution in [3.8, 4) is 28.5 Å². The number of nitrogens with one attached hydrogen (secondary N) is 1. The predicted octanol–water partition coefficient (Wildman–Crippen LogP) is 3.38. The summed E-state index contributed by atoms with van der Waals surface area (Å²) in [4.78, 5) is 39.8. The molecule has 0 atom stereocenters. The van der Waals surface area contributed by atoms with E-state index < -0.39 is 22.8 Å². The lowest BCUT2D eigenvalue weighted by Crippen LogP contribution is -2.31. The molecule has 9 heteroatoms. The molecule has 5 rings (SSSR count). The minimum Gasteiger partial charge on any atom is -0.506 e. The number of aldehydes is 1. The van der Waals surface area contributed by atoms with Crippen molar-refractivity contribution in [2.45, 2.75) is 19.4 Å². The molecule has 0 spiro atoms. The average Bonchev–Trinajstić information content (AvgIpc) is 3.30. The predicted molar refractivity (Wildman–Crippen MR) is 128 cm³/mol. The molecule has 2 heterocycles. The van der Waals surface area contributed by atoms with Crippen molar-refractivity contribution in [1.29, 1.82) is 0 Å². The Morgan fingerprint density at radius 1 is 1.11 bits per heavy atom. The number of aryl methyl sites for hydroxylation is 1. The lowest BCUT2D eigenvalue weighted by Gasteiger charge is -2.26. The van der Waals surface area contributed by atoms with Crippen molar-refractivity contribution < 1.29 is 29.3 Å². The Kier molecular flexibility index (Phi) is 5.32. The molecule has 3 N–H and O–H groups in total. The fourth-order valence-electron chi connectivity index (χ4n) is 4.90. The van der Waals surface area contributed by atoms with Crippen molar-refractivity contribution in [1.82, 2.24) is 9.55 Å². The van der Waals surface area contributed by atoms with Gasteiger partial charge in [-0.1, -0.05) is 6.07 Å². The van der Waals surface area contributed by atoms with Crippen molar-refractivity contribution in [2.24, 2.45) is 0 Å². The maximum absolute atomic E-state index is 13.5. The van der Waals surface area contributed by atoms with Gasteiger partial charge in [-0.05, 0) is 42.7 Å². The molecular formula is C26H22N2O7. The molecule has 4 aromatic rings. The molecule has 1 aliphatic rings. The molecule has 1 aliphatic carbocycles. The summed E-state index contributed by atoms with van der Waals surface area (Å²) in [5, 5.41) is 21.4. The van der Waals surface area contributed by atoms with E-state index in [4.69, 9.17) is 9.47 Å². The summed E-state index contributed by atoms with van der Waals surface area (Å²) in [6, 6.07) is 10.5. The maximum atomic E-state index is 13.5. The van der Waals surface area contributed by atoms with Crippen LogP contribution in [0, 0.1) is 0 Å². The molecular weight excluding hydrogens is 452 g/mol. The first-order valence-electron chi connectivity index (χ1n) is 10.9. The second kappa shape index (κ2) is 8.35. The van der Waals surface area contributed by atoms with Gasteiger partial charge in [0.05, 0.1) is 32.2 Å². The zero-order chi connectivity index (χ0) is 24.9. The normalized spacial score (nSPS) is 12.2. The Morgan fingerprint density at radius 3 is 2.57 bits per heavy atom. The second-order valence-corrected chi connectivity index (χ2v) is 8.32. The van der Waals surface area contributed by atoms with Crippen LogP contribution in [0.3, 0.4) is 0 Å². The Balaban J connectivity index is 1.80. The third-order valence-electron chi connectivity index (χ3n) is 6.52. The number of aromatic amines is 1. The lowest BCUT2D eigenvalue weighted by atomic mass is 9.85. The SMILES string of the molecule is COc1ccc(Cn2c3c(c(O)c(C(=O)O)c2=O)CCc2c-3ccc3[nH]c(C=O)cc23)c(OC)c1. The molecule has 35 heavy (non-hydrogen) atoms. The minimum absolute atomic E-state index is 0.0130. The van der Waals surface area contributed by atoms with Gasteiger partial charge in [0.15, 0.2) is 11.8 Å². The van der Waals surface area contributed by atoms with Crippen LogP contribution < -0.4 is 15.0 Å².